The second-order valence-electron chi connectivity index (χ2n) is 33.8. The lowest BCUT2D eigenvalue weighted by molar-refractivity contribution is 0.0221. The molecular formula is C93H83F15N26O4. The third kappa shape index (κ3) is 18.6. The highest BCUT2D eigenvalue weighted by atomic mass is 19.3. The minimum Gasteiger partial charge on any atom is -0.382 e. The zero-order valence-electron chi connectivity index (χ0n) is 73.9. The third-order valence-electron chi connectivity index (χ3n) is 24.4. The molecule has 0 saturated carbocycles. The minimum atomic E-state index is -3.13. The highest BCUT2D eigenvalue weighted by molar-refractivity contribution is 6.06. The van der Waals surface area contributed by atoms with Crippen molar-refractivity contribution in [1.29, 1.82) is 0 Å². The maximum Gasteiger partial charge on any atom is 0.267 e. The molecule has 0 bridgehead atoms. The summed E-state index contributed by atoms with van der Waals surface area (Å²) in [6, 6.07) is 20.2. The van der Waals surface area contributed by atoms with Crippen LogP contribution in [0.1, 0.15) is 171 Å². The predicted molar refractivity (Wildman–Crippen MR) is 479 cm³/mol. The van der Waals surface area contributed by atoms with Gasteiger partial charge in [0.15, 0.2) is 74.6 Å². The molecule has 5 aliphatic heterocycles. The topological polar surface area (TPSA) is 357 Å². The average molecular weight is 1910 g/mol. The van der Waals surface area contributed by atoms with Gasteiger partial charge in [-0.2, -0.15) is 10.2 Å². The van der Waals surface area contributed by atoms with Gasteiger partial charge in [-0.05, 0) is 169 Å². The molecule has 16 heterocycles. The van der Waals surface area contributed by atoms with Gasteiger partial charge in [-0.1, -0.05) is 0 Å². The van der Waals surface area contributed by atoms with E-state index in [9.17, 15) is 85.0 Å². The molecule has 16 aromatic rings. The molecule has 0 amide bonds. The molecule has 8 N–H and O–H groups in total. The van der Waals surface area contributed by atoms with Gasteiger partial charge in [0.2, 0.25) is 0 Å². The molecule has 21 rings (SSSR count). The van der Waals surface area contributed by atoms with Crippen LogP contribution in [0.5, 0.6) is 0 Å². The Hall–Kier alpha value is -15.8. The van der Waals surface area contributed by atoms with Gasteiger partial charge in [-0.25, -0.2) is 113 Å². The maximum atomic E-state index is 14.4. The van der Waals surface area contributed by atoms with E-state index in [1.165, 1.54) is 75.1 Å². The van der Waals surface area contributed by atoms with E-state index in [1.807, 2.05) is 37.3 Å². The van der Waals surface area contributed by atoms with Gasteiger partial charge < -0.3 is 47.4 Å². The Morgan fingerprint density at radius 2 is 0.667 bits per heavy atom. The fourth-order valence-corrected chi connectivity index (χ4v) is 18.4. The Morgan fingerprint density at radius 1 is 0.377 bits per heavy atom. The SMILES string of the molecule is CC(=O)c1c(N)nn2ccc(N3CC(F)(F)CC3c3cc(F)ccc3F)nc12.CC(=O)c1c(N)nn2ccc(N3C[C@@H](F)C[C@@H]3c3cc(F)ccc3F)nc12.CC(=O)c1c(N)nn2ccc(N3C[C@@H](F)C[C@@H]3c3cc(F)ccc3F)nc12.CC(=O)c1c(N)nn2ccc(N3C[C@@H](F)C[C@H]3c3cc(F)ccc3F)nc12.Cc1nn2ccc(N3CCC[C@@H]3c3cc(F)ccc3F)nc2c1-c1cnn(C)c1. The number of Topliss-reactive ketones (excluding diaryl/α,β-unsaturated/α-hetero) is 4. The van der Waals surface area contributed by atoms with E-state index in [0.717, 1.165) is 127 Å². The van der Waals surface area contributed by atoms with Crippen LogP contribution in [0.3, 0.4) is 0 Å². The van der Waals surface area contributed by atoms with E-state index in [4.69, 9.17) is 27.9 Å². The summed E-state index contributed by atoms with van der Waals surface area (Å²) in [7, 11) is 1.87. The minimum absolute atomic E-state index is 0.00813. The first-order valence-corrected chi connectivity index (χ1v) is 43.1. The number of alkyl halides is 5. The van der Waals surface area contributed by atoms with Gasteiger partial charge >= 0.3 is 0 Å². The second kappa shape index (κ2) is 37.5. The monoisotopic (exact) mass is 1910 g/mol. The van der Waals surface area contributed by atoms with Crippen LogP contribution in [-0.4, -0.2) is 163 Å². The number of aromatic nitrogens is 17. The van der Waals surface area contributed by atoms with E-state index < -0.39 is 114 Å². The van der Waals surface area contributed by atoms with Gasteiger partial charge in [0.25, 0.3) is 5.92 Å². The molecule has 5 fully saturated rings. The number of aryl methyl sites for hydroxylation is 2. The predicted octanol–water partition coefficient (Wildman–Crippen LogP) is 16.7. The molecule has 5 aliphatic rings. The van der Waals surface area contributed by atoms with Crippen molar-refractivity contribution in [2.24, 2.45) is 7.05 Å². The molecule has 5 saturated heterocycles. The quantitative estimate of drug-likeness (QED) is 0.0547. The van der Waals surface area contributed by atoms with Crippen molar-refractivity contribution >= 4 is 104 Å². The van der Waals surface area contributed by atoms with Crippen LogP contribution in [-0.2, 0) is 7.05 Å². The average Bonchev–Trinajstić information content (AvgIpc) is 2.02. The van der Waals surface area contributed by atoms with Crippen LogP contribution in [0.25, 0.3) is 39.4 Å². The molecule has 8 atom stereocenters. The van der Waals surface area contributed by atoms with Crippen LogP contribution in [0.2, 0.25) is 0 Å². The van der Waals surface area contributed by atoms with Crippen molar-refractivity contribution in [3.8, 4) is 11.1 Å². The summed E-state index contributed by atoms with van der Waals surface area (Å²) in [5.74, 6) is -8.44. The number of ketones is 4. The zero-order chi connectivity index (χ0) is 98.2. The second-order valence-corrected chi connectivity index (χ2v) is 33.8. The van der Waals surface area contributed by atoms with Crippen LogP contribution in [0.15, 0.2) is 165 Å². The molecule has 0 spiro atoms. The van der Waals surface area contributed by atoms with Gasteiger partial charge in [-0.3, -0.25) is 23.9 Å². The van der Waals surface area contributed by atoms with Crippen molar-refractivity contribution < 1.29 is 85.0 Å². The lowest BCUT2D eigenvalue weighted by atomic mass is 10.0. The lowest BCUT2D eigenvalue weighted by Gasteiger charge is -2.26. The summed E-state index contributed by atoms with van der Waals surface area (Å²) in [4.78, 5) is 77.7. The smallest absolute Gasteiger partial charge is 0.267 e. The molecule has 11 aromatic heterocycles. The summed E-state index contributed by atoms with van der Waals surface area (Å²) < 4.78 is 219. The first-order chi connectivity index (χ1) is 65.7. The van der Waals surface area contributed by atoms with Gasteiger partial charge in [0.05, 0.1) is 73.8 Å². The largest absolute Gasteiger partial charge is 0.382 e. The number of carbonyl (C=O) groups is 4. The Morgan fingerprint density at radius 3 is 0.978 bits per heavy atom. The van der Waals surface area contributed by atoms with Crippen molar-refractivity contribution in [2.45, 2.75) is 128 Å². The van der Waals surface area contributed by atoms with E-state index in [0.29, 0.717) is 23.0 Å². The molecule has 45 heteroatoms. The molecule has 5 aromatic carbocycles. The van der Waals surface area contributed by atoms with Gasteiger partial charge in [0.1, 0.15) is 128 Å². The molecule has 1 unspecified atom stereocenters. The lowest BCUT2D eigenvalue weighted by Crippen LogP contribution is -2.27. The summed E-state index contributed by atoms with van der Waals surface area (Å²) in [5.41, 5.74) is 28.3. The van der Waals surface area contributed by atoms with Crippen LogP contribution in [0.4, 0.5) is 118 Å². The number of rotatable bonds is 15. The number of benzene rings is 5. The first kappa shape index (κ1) is 94.0. The van der Waals surface area contributed by atoms with E-state index in [-0.39, 0.29) is 170 Å². The summed E-state index contributed by atoms with van der Waals surface area (Å²) in [5, 5.41) is 24.9. The summed E-state index contributed by atoms with van der Waals surface area (Å²) >= 11 is 0. The highest BCUT2D eigenvalue weighted by Crippen LogP contribution is 2.47. The van der Waals surface area contributed by atoms with Crippen molar-refractivity contribution in [1.82, 2.24) is 82.8 Å². The molecular weight excluding hydrogens is 1830 g/mol. The number of fused-ring (bicyclic) bond motifs is 5. The molecule has 0 aliphatic carbocycles. The van der Waals surface area contributed by atoms with E-state index in [1.54, 1.807) is 66.9 Å². The Labute approximate surface area is 772 Å². The summed E-state index contributed by atoms with van der Waals surface area (Å²) in [6.45, 7) is 7.21. The number of nitrogens with two attached hydrogens (primary N) is 4. The Bertz CT molecular complexity index is 7070. The van der Waals surface area contributed by atoms with Crippen LogP contribution >= 0.6 is 0 Å². The molecule has 714 valence electrons. The van der Waals surface area contributed by atoms with Crippen LogP contribution in [0, 0.1) is 65.1 Å². The standard InChI is InChI=1S/C21H20F2N6.C18H15F4N5O.3C18H16F3N5O/c1-13-20(14-11-24-27(2)12-14)21-25-19(7-9-29(21)26-13)28-8-3-4-18(28)16-10-15(22)5-6-17(16)23;1-9(28)15-16(23)25-27-5-4-14(24-17(15)27)26-8-18(21,22)7-13(26)11-6-10(19)2-3-12(11)20;3*1-9(27)16-17(22)24-26-5-4-15(23-18(16)26)25-8-11(20)7-14(25)12-6-10(19)2-3-13(12)21/h5-7,9-12,18H,3-4,8H2,1-2H3;2-6,13H,7-8H2,1H3,(H2,23,25);3*2-6,11,14H,7-8H2,1H3,(H2,22,24)/t18-;;2*11-,14+;11-,14-/m1.000/s1. The molecule has 138 heavy (non-hydrogen) atoms. The number of nitrogens with zero attached hydrogens (tertiary/aromatic N) is 22. The normalized spacial score (nSPS) is 18.9. The fraction of sp³-hybridized carbons (Fsp3) is 0.280. The summed E-state index contributed by atoms with van der Waals surface area (Å²) in [6.07, 6.45) is 8.95. The van der Waals surface area contributed by atoms with E-state index in [2.05, 4.69) is 50.5 Å². The van der Waals surface area contributed by atoms with Gasteiger partial charge in [-0.15, -0.1) is 20.4 Å². The fourth-order valence-electron chi connectivity index (χ4n) is 18.4. The number of hydrogen-bond acceptors (Lipinski definition) is 24. The molecule has 0 radical (unpaired) electrons. The highest BCUT2D eigenvalue weighted by Gasteiger charge is 2.48. The number of nitrogen functional groups attached to an aromatic ring is 4. The van der Waals surface area contributed by atoms with Gasteiger partial charge in [0, 0.05) is 110 Å². The zero-order valence-corrected chi connectivity index (χ0v) is 73.9. The van der Waals surface area contributed by atoms with E-state index >= 15 is 0 Å². The first-order valence-electron chi connectivity index (χ1n) is 43.1. The van der Waals surface area contributed by atoms with Crippen LogP contribution < -0.4 is 47.4 Å². The number of carbonyl (C=O) groups excluding carboxylic acids is 4. The third-order valence-corrected chi connectivity index (χ3v) is 24.4. The number of halogens is 15. The Kier molecular flexibility index (Phi) is 25.5. The van der Waals surface area contributed by atoms with Crippen molar-refractivity contribution in [3.05, 3.63) is 279 Å². The molecule has 30 nitrogen and oxygen atoms in total. The van der Waals surface area contributed by atoms with Crippen molar-refractivity contribution in [2.75, 3.05) is 80.2 Å². The Balaban J connectivity index is 0.000000119. The maximum absolute atomic E-state index is 14.4. The number of hydrogen-bond donors (Lipinski definition) is 4. The van der Waals surface area contributed by atoms with Crippen molar-refractivity contribution in [3.63, 3.8) is 0 Å². The number of anilines is 9.